The van der Waals surface area contributed by atoms with Crippen molar-refractivity contribution in [3.63, 3.8) is 0 Å². The molecule has 3 rings (SSSR count). The van der Waals surface area contributed by atoms with E-state index in [9.17, 15) is 0 Å². The number of aromatic nitrogens is 3. The zero-order valence-corrected chi connectivity index (χ0v) is 13.8. The van der Waals surface area contributed by atoms with Crippen LogP contribution in [0.3, 0.4) is 0 Å². The van der Waals surface area contributed by atoms with Crippen molar-refractivity contribution < 1.29 is 0 Å². The average Bonchev–Trinajstić information content (AvgIpc) is 3.13. The molecule has 1 fully saturated rings. The number of piperazine rings is 1. The van der Waals surface area contributed by atoms with Gasteiger partial charge >= 0.3 is 0 Å². The Bertz CT molecular complexity index is 569. The highest BCUT2D eigenvalue weighted by molar-refractivity contribution is 7.07. The summed E-state index contributed by atoms with van der Waals surface area (Å²) >= 11 is 1.78. The van der Waals surface area contributed by atoms with Gasteiger partial charge in [-0.3, -0.25) is 9.80 Å². The minimum atomic E-state index is 0.524. The zero-order chi connectivity index (χ0) is 14.8. The zero-order valence-electron chi connectivity index (χ0n) is 13.0. The van der Waals surface area contributed by atoms with Crippen LogP contribution < -0.4 is 0 Å². The number of hydrogen-bond donors (Lipinski definition) is 0. The first-order chi connectivity index (χ1) is 10.1. The smallest absolute Gasteiger partial charge is 0.146 e. The van der Waals surface area contributed by atoms with E-state index >= 15 is 0 Å². The predicted molar refractivity (Wildman–Crippen MR) is 85.3 cm³/mol. The minimum Gasteiger partial charge on any atom is -0.317 e. The van der Waals surface area contributed by atoms with Gasteiger partial charge in [0.2, 0.25) is 0 Å². The molecule has 21 heavy (non-hydrogen) atoms. The molecule has 0 bridgehead atoms. The van der Waals surface area contributed by atoms with Gasteiger partial charge in [-0.05, 0) is 36.2 Å². The molecule has 5 nitrogen and oxygen atoms in total. The summed E-state index contributed by atoms with van der Waals surface area (Å²) in [5, 5.41) is 12.8. The van der Waals surface area contributed by atoms with Crippen molar-refractivity contribution in [1.29, 1.82) is 0 Å². The van der Waals surface area contributed by atoms with Crippen LogP contribution in [0, 0.1) is 6.92 Å². The van der Waals surface area contributed by atoms with Crippen molar-refractivity contribution in [2.75, 3.05) is 26.2 Å². The van der Waals surface area contributed by atoms with Gasteiger partial charge in [-0.25, -0.2) is 0 Å². The molecule has 0 unspecified atom stereocenters. The van der Waals surface area contributed by atoms with Crippen LogP contribution in [0.4, 0.5) is 0 Å². The van der Waals surface area contributed by atoms with E-state index in [0.717, 1.165) is 44.4 Å². The molecule has 0 aliphatic carbocycles. The van der Waals surface area contributed by atoms with Crippen LogP contribution in [0.2, 0.25) is 0 Å². The molecule has 0 amide bonds. The Morgan fingerprint density at radius 3 is 2.57 bits per heavy atom. The number of nitrogens with zero attached hydrogens (tertiary/aromatic N) is 5. The quantitative estimate of drug-likeness (QED) is 0.866. The third-order valence-corrected chi connectivity index (χ3v) is 5.23. The molecule has 0 saturated carbocycles. The highest BCUT2D eigenvalue weighted by atomic mass is 32.1. The molecule has 0 aromatic carbocycles. The Kier molecular flexibility index (Phi) is 4.37. The Morgan fingerprint density at radius 1 is 1.24 bits per heavy atom. The van der Waals surface area contributed by atoms with Crippen molar-refractivity contribution in [1.82, 2.24) is 24.6 Å². The van der Waals surface area contributed by atoms with E-state index in [-0.39, 0.29) is 0 Å². The summed E-state index contributed by atoms with van der Waals surface area (Å²) in [6.45, 7) is 9.64. The van der Waals surface area contributed by atoms with Gasteiger partial charge in [0, 0.05) is 39.3 Å². The third kappa shape index (κ3) is 3.17. The first-order valence-corrected chi connectivity index (χ1v) is 8.43. The number of aryl methyl sites for hydroxylation is 1. The van der Waals surface area contributed by atoms with Crippen molar-refractivity contribution in [2.45, 2.75) is 26.4 Å². The van der Waals surface area contributed by atoms with Gasteiger partial charge in [-0.1, -0.05) is 0 Å². The largest absolute Gasteiger partial charge is 0.317 e. The number of thiophene rings is 1. The van der Waals surface area contributed by atoms with Crippen molar-refractivity contribution in [3.8, 4) is 0 Å². The fourth-order valence-corrected chi connectivity index (χ4v) is 3.57. The lowest BCUT2D eigenvalue weighted by Crippen LogP contribution is -2.46. The van der Waals surface area contributed by atoms with Gasteiger partial charge in [-0.2, -0.15) is 11.3 Å². The molecule has 1 saturated heterocycles. The van der Waals surface area contributed by atoms with Gasteiger partial charge < -0.3 is 4.57 Å². The summed E-state index contributed by atoms with van der Waals surface area (Å²) in [7, 11) is 2.04. The Morgan fingerprint density at radius 2 is 2.00 bits per heavy atom. The standard InChI is InChI=1S/C15H23N5S/c1-12(14-4-9-21-11-14)20-7-5-19(6-8-20)10-15-17-16-13(2)18(15)3/h4,9,11-12H,5-8,10H2,1-3H3/t12-/m0/s1. The van der Waals surface area contributed by atoms with Crippen molar-refractivity contribution in [3.05, 3.63) is 34.0 Å². The van der Waals surface area contributed by atoms with E-state index in [2.05, 4.69) is 48.3 Å². The monoisotopic (exact) mass is 305 g/mol. The summed E-state index contributed by atoms with van der Waals surface area (Å²) in [4.78, 5) is 5.04. The van der Waals surface area contributed by atoms with Gasteiger partial charge in [0.1, 0.15) is 11.6 Å². The highest BCUT2D eigenvalue weighted by Crippen LogP contribution is 2.23. The van der Waals surface area contributed by atoms with Crippen LogP contribution in [-0.4, -0.2) is 50.7 Å². The molecular weight excluding hydrogens is 282 g/mol. The fraction of sp³-hybridized carbons (Fsp3) is 0.600. The summed E-state index contributed by atoms with van der Waals surface area (Å²) < 4.78 is 2.08. The van der Waals surface area contributed by atoms with E-state index in [1.54, 1.807) is 11.3 Å². The average molecular weight is 305 g/mol. The number of rotatable bonds is 4. The molecule has 1 aliphatic heterocycles. The SMILES string of the molecule is Cc1nnc(CN2CCN([C@@H](C)c3ccsc3)CC2)n1C. The first-order valence-electron chi connectivity index (χ1n) is 7.48. The van der Waals surface area contributed by atoms with Crippen molar-refractivity contribution in [2.24, 2.45) is 7.05 Å². The maximum atomic E-state index is 4.26. The fourth-order valence-electron chi connectivity index (χ4n) is 2.82. The molecule has 114 valence electrons. The van der Waals surface area contributed by atoms with Crippen LogP contribution in [0.5, 0.6) is 0 Å². The molecule has 0 spiro atoms. The Balaban J connectivity index is 1.54. The van der Waals surface area contributed by atoms with Crippen LogP contribution in [0.25, 0.3) is 0 Å². The molecular formula is C15H23N5S. The maximum Gasteiger partial charge on any atom is 0.146 e. The lowest BCUT2D eigenvalue weighted by Gasteiger charge is -2.37. The minimum absolute atomic E-state index is 0.524. The van der Waals surface area contributed by atoms with E-state index < -0.39 is 0 Å². The van der Waals surface area contributed by atoms with Gasteiger partial charge in [0.05, 0.1) is 6.54 Å². The lowest BCUT2D eigenvalue weighted by atomic mass is 10.1. The topological polar surface area (TPSA) is 37.2 Å². The van der Waals surface area contributed by atoms with E-state index in [0.29, 0.717) is 6.04 Å². The Labute approximate surface area is 130 Å². The van der Waals surface area contributed by atoms with Crippen LogP contribution >= 0.6 is 11.3 Å². The molecule has 2 aromatic heterocycles. The molecule has 6 heteroatoms. The molecule has 0 N–H and O–H groups in total. The number of hydrogen-bond acceptors (Lipinski definition) is 5. The van der Waals surface area contributed by atoms with Crippen LogP contribution in [-0.2, 0) is 13.6 Å². The van der Waals surface area contributed by atoms with Crippen molar-refractivity contribution >= 4 is 11.3 Å². The maximum absolute atomic E-state index is 4.26. The van der Waals surface area contributed by atoms with E-state index in [4.69, 9.17) is 0 Å². The molecule has 0 radical (unpaired) electrons. The predicted octanol–water partition coefficient (Wildman–Crippen LogP) is 2.06. The Hall–Kier alpha value is -1.24. The summed E-state index contributed by atoms with van der Waals surface area (Å²) in [6, 6.07) is 2.76. The summed E-state index contributed by atoms with van der Waals surface area (Å²) in [6.07, 6.45) is 0. The van der Waals surface area contributed by atoms with Crippen LogP contribution in [0.1, 0.15) is 30.2 Å². The molecule has 3 heterocycles. The van der Waals surface area contributed by atoms with Gasteiger partial charge in [0.25, 0.3) is 0 Å². The van der Waals surface area contributed by atoms with E-state index in [1.165, 1.54) is 5.56 Å². The summed E-state index contributed by atoms with van der Waals surface area (Å²) in [5.74, 6) is 2.04. The first kappa shape index (κ1) is 14.7. The molecule has 2 aromatic rings. The lowest BCUT2D eigenvalue weighted by molar-refractivity contribution is 0.0957. The van der Waals surface area contributed by atoms with Crippen LogP contribution in [0.15, 0.2) is 16.8 Å². The highest BCUT2D eigenvalue weighted by Gasteiger charge is 2.23. The second-order valence-corrected chi connectivity index (χ2v) is 6.55. The van der Waals surface area contributed by atoms with E-state index in [1.807, 2.05) is 14.0 Å². The molecule has 1 aliphatic rings. The van der Waals surface area contributed by atoms with Gasteiger partial charge in [0.15, 0.2) is 0 Å². The van der Waals surface area contributed by atoms with Gasteiger partial charge in [-0.15, -0.1) is 10.2 Å². The summed E-state index contributed by atoms with van der Waals surface area (Å²) in [5.41, 5.74) is 1.44. The second-order valence-electron chi connectivity index (χ2n) is 5.77. The third-order valence-electron chi connectivity index (χ3n) is 4.53. The molecule has 1 atom stereocenters. The second kappa shape index (κ2) is 6.25. The normalized spacial score (nSPS) is 19.0.